The lowest BCUT2D eigenvalue weighted by Crippen LogP contribution is -2.21. The summed E-state index contributed by atoms with van der Waals surface area (Å²) in [5, 5.41) is 3.88. The molecule has 0 aliphatic carbocycles. The van der Waals surface area contributed by atoms with E-state index in [0.717, 1.165) is 21.6 Å². The van der Waals surface area contributed by atoms with Gasteiger partial charge in [-0.25, -0.2) is 4.79 Å². The van der Waals surface area contributed by atoms with Crippen molar-refractivity contribution in [2.45, 2.75) is 34.6 Å². The molecule has 1 aromatic carbocycles. The molecule has 0 fully saturated rings. The minimum atomic E-state index is -0.442. The minimum Gasteiger partial charge on any atom is -0.483 e. The summed E-state index contributed by atoms with van der Waals surface area (Å²) in [5.41, 5.74) is 2.91. The summed E-state index contributed by atoms with van der Waals surface area (Å²) in [6.07, 6.45) is 0. The highest BCUT2D eigenvalue weighted by Gasteiger charge is 2.22. The van der Waals surface area contributed by atoms with Gasteiger partial charge in [0.05, 0.1) is 16.6 Å². The number of halogens is 2. The Labute approximate surface area is 176 Å². The van der Waals surface area contributed by atoms with Gasteiger partial charge in [-0.15, -0.1) is 11.3 Å². The molecular weight excluding hydrogens is 454 g/mol. The molecule has 0 radical (unpaired) electrons. The Morgan fingerprint density at radius 3 is 2.52 bits per heavy atom. The van der Waals surface area contributed by atoms with Crippen LogP contribution in [0.5, 0.6) is 5.75 Å². The molecule has 0 bridgehead atoms. The maximum Gasteiger partial charge on any atom is 0.341 e. The molecule has 0 saturated heterocycles. The van der Waals surface area contributed by atoms with Crippen molar-refractivity contribution < 1.29 is 19.1 Å². The fourth-order valence-electron chi connectivity index (χ4n) is 2.48. The summed E-state index contributed by atoms with van der Waals surface area (Å²) < 4.78 is 11.4. The van der Waals surface area contributed by atoms with Gasteiger partial charge in [0.1, 0.15) is 10.8 Å². The van der Waals surface area contributed by atoms with Crippen molar-refractivity contribution in [2.24, 2.45) is 0 Å². The van der Waals surface area contributed by atoms with Crippen LogP contribution in [0.2, 0.25) is 5.02 Å². The van der Waals surface area contributed by atoms with E-state index in [9.17, 15) is 9.59 Å². The van der Waals surface area contributed by atoms with Crippen LogP contribution in [-0.2, 0) is 9.53 Å². The number of rotatable bonds is 6. The highest BCUT2D eigenvalue weighted by Crippen LogP contribution is 2.36. The predicted octanol–water partition coefficient (Wildman–Crippen LogP) is 5.59. The number of aryl methyl sites for hydroxylation is 2. The van der Waals surface area contributed by atoms with Crippen molar-refractivity contribution in [3.05, 3.63) is 42.7 Å². The Balaban J connectivity index is 2.14. The van der Waals surface area contributed by atoms with Gasteiger partial charge >= 0.3 is 5.97 Å². The maximum absolute atomic E-state index is 12.4. The summed E-state index contributed by atoms with van der Waals surface area (Å²) in [4.78, 5) is 25.5. The predicted molar refractivity (Wildman–Crippen MR) is 113 cm³/mol. The maximum atomic E-state index is 12.4. The lowest BCUT2D eigenvalue weighted by molar-refractivity contribution is -0.118. The summed E-state index contributed by atoms with van der Waals surface area (Å²) in [6, 6.07) is 1.77. The zero-order valence-corrected chi connectivity index (χ0v) is 18.9. The zero-order valence-electron chi connectivity index (χ0n) is 15.8. The first-order chi connectivity index (χ1) is 12.7. The smallest absolute Gasteiger partial charge is 0.341 e. The molecule has 146 valence electrons. The van der Waals surface area contributed by atoms with Crippen LogP contribution in [0.4, 0.5) is 5.00 Å². The first kappa shape index (κ1) is 21.7. The first-order valence-electron chi connectivity index (χ1n) is 8.32. The van der Waals surface area contributed by atoms with E-state index in [4.69, 9.17) is 21.1 Å². The molecule has 8 heteroatoms. The first-order valence-corrected chi connectivity index (χ1v) is 10.3. The Bertz CT molecular complexity index is 895. The Kier molecular flexibility index (Phi) is 7.31. The second-order valence-electron chi connectivity index (χ2n) is 5.99. The molecule has 0 saturated carbocycles. The van der Waals surface area contributed by atoms with Gasteiger partial charge in [-0.1, -0.05) is 11.6 Å². The molecule has 0 atom stereocenters. The van der Waals surface area contributed by atoms with Crippen LogP contribution in [0.15, 0.2) is 10.5 Å². The number of hydrogen-bond acceptors (Lipinski definition) is 5. The molecule has 0 aliphatic heterocycles. The number of benzene rings is 1. The van der Waals surface area contributed by atoms with E-state index in [2.05, 4.69) is 21.2 Å². The number of anilines is 1. The summed E-state index contributed by atoms with van der Waals surface area (Å²) in [7, 11) is 0. The van der Waals surface area contributed by atoms with Crippen LogP contribution < -0.4 is 10.1 Å². The molecule has 2 aromatic rings. The molecule has 27 heavy (non-hydrogen) atoms. The third-order valence-corrected chi connectivity index (χ3v) is 6.73. The van der Waals surface area contributed by atoms with Gasteiger partial charge in [-0.2, -0.15) is 0 Å². The number of nitrogens with one attached hydrogen (secondary N) is 1. The number of amides is 1. The van der Waals surface area contributed by atoms with Crippen molar-refractivity contribution in [2.75, 3.05) is 18.5 Å². The molecule has 1 amide bonds. The van der Waals surface area contributed by atoms with E-state index < -0.39 is 5.97 Å². The number of carbonyl (C=O) groups is 2. The number of ether oxygens (including phenoxy) is 2. The SMILES string of the molecule is CCOC(=O)c1c(NC(=O)COc2cc(C)c(Cl)c(C)c2Br)sc(C)c1C. The van der Waals surface area contributed by atoms with Crippen molar-refractivity contribution in [3.8, 4) is 5.75 Å². The molecule has 0 aliphatic rings. The standard InChI is InChI=1S/C19H21BrClNO4S/c1-6-25-19(24)15-10(3)12(5)27-18(15)22-14(23)8-26-13-7-9(2)17(21)11(4)16(13)20/h7H,6,8H2,1-5H3,(H,22,23). The van der Waals surface area contributed by atoms with E-state index in [1.165, 1.54) is 11.3 Å². The number of thiophene rings is 1. The number of carbonyl (C=O) groups excluding carboxylic acids is 2. The Morgan fingerprint density at radius 2 is 1.89 bits per heavy atom. The van der Waals surface area contributed by atoms with Gasteiger partial charge in [-0.05, 0) is 73.3 Å². The van der Waals surface area contributed by atoms with E-state index in [-0.39, 0.29) is 19.1 Å². The molecule has 1 N–H and O–H groups in total. The molecule has 0 unspecified atom stereocenters. The summed E-state index contributed by atoms with van der Waals surface area (Å²) in [6.45, 7) is 9.29. The third kappa shape index (κ3) is 4.83. The van der Waals surface area contributed by atoms with Gasteiger partial charge in [0.15, 0.2) is 6.61 Å². The van der Waals surface area contributed by atoms with Crippen molar-refractivity contribution >= 4 is 55.7 Å². The van der Waals surface area contributed by atoms with Crippen molar-refractivity contribution in [1.29, 1.82) is 0 Å². The summed E-state index contributed by atoms with van der Waals surface area (Å²) in [5.74, 6) is -0.269. The molecule has 1 heterocycles. The molecule has 2 rings (SSSR count). The van der Waals surface area contributed by atoms with Crippen LogP contribution in [0.3, 0.4) is 0 Å². The zero-order chi connectivity index (χ0) is 20.3. The number of esters is 1. The molecule has 0 spiro atoms. The van der Waals surface area contributed by atoms with Crippen LogP contribution in [0, 0.1) is 27.7 Å². The van der Waals surface area contributed by atoms with E-state index in [1.54, 1.807) is 13.0 Å². The van der Waals surface area contributed by atoms with E-state index >= 15 is 0 Å². The molecular formula is C19H21BrClNO4S. The quantitative estimate of drug-likeness (QED) is 0.554. The second kappa shape index (κ2) is 9.08. The highest BCUT2D eigenvalue weighted by atomic mass is 79.9. The summed E-state index contributed by atoms with van der Waals surface area (Å²) >= 11 is 11.0. The van der Waals surface area contributed by atoms with Crippen LogP contribution in [0.25, 0.3) is 0 Å². The average molecular weight is 475 g/mol. The number of hydrogen-bond donors (Lipinski definition) is 1. The van der Waals surface area contributed by atoms with E-state index in [0.29, 0.717) is 25.8 Å². The molecule has 1 aromatic heterocycles. The van der Waals surface area contributed by atoms with Gasteiger partial charge in [0.25, 0.3) is 5.91 Å². The normalized spacial score (nSPS) is 10.6. The Morgan fingerprint density at radius 1 is 1.22 bits per heavy atom. The van der Waals surface area contributed by atoms with Crippen LogP contribution in [-0.4, -0.2) is 25.1 Å². The van der Waals surface area contributed by atoms with Gasteiger partial charge < -0.3 is 14.8 Å². The molecule has 5 nitrogen and oxygen atoms in total. The van der Waals surface area contributed by atoms with Crippen LogP contribution >= 0.6 is 38.9 Å². The van der Waals surface area contributed by atoms with Crippen LogP contribution in [0.1, 0.15) is 38.8 Å². The van der Waals surface area contributed by atoms with E-state index in [1.807, 2.05) is 27.7 Å². The Hall–Kier alpha value is -1.57. The average Bonchev–Trinajstić information content (AvgIpc) is 2.89. The highest BCUT2D eigenvalue weighted by molar-refractivity contribution is 9.10. The van der Waals surface area contributed by atoms with Gasteiger partial charge in [0, 0.05) is 9.90 Å². The van der Waals surface area contributed by atoms with Crippen molar-refractivity contribution in [1.82, 2.24) is 0 Å². The topological polar surface area (TPSA) is 64.6 Å². The minimum absolute atomic E-state index is 0.197. The second-order valence-corrected chi connectivity index (χ2v) is 8.38. The monoisotopic (exact) mass is 473 g/mol. The fraction of sp³-hybridized carbons (Fsp3) is 0.368. The fourth-order valence-corrected chi connectivity index (χ4v) is 4.23. The van der Waals surface area contributed by atoms with Gasteiger partial charge in [-0.3, -0.25) is 4.79 Å². The van der Waals surface area contributed by atoms with Gasteiger partial charge in [0.2, 0.25) is 0 Å². The van der Waals surface area contributed by atoms with Crippen molar-refractivity contribution in [3.63, 3.8) is 0 Å². The third-order valence-electron chi connectivity index (χ3n) is 4.05. The lowest BCUT2D eigenvalue weighted by atomic mass is 10.1. The largest absolute Gasteiger partial charge is 0.483 e. The lowest BCUT2D eigenvalue weighted by Gasteiger charge is -2.13.